The van der Waals surface area contributed by atoms with Crippen molar-refractivity contribution in [1.29, 1.82) is 0 Å². The van der Waals surface area contributed by atoms with Gasteiger partial charge in [-0.1, -0.05) is 95.3 Å². The molecule has 0 radical (unpaired) electrons. The van der Waals surface area contributed by atoms with E-state index in [1.807, 2.05) is 0 Å². The maximum atomic E-state index is 11.2. The fraction of sp³-hybridized carbons (Fsp3) is 0.550. The number of esters is 5. The molecule has 10 heterocycles. The van der Waals surface area contributed by atoms with Crippen LogP contribution in [0.2, 0.25) is 0 Å². The van der Waals surface area contributed by atoms with Gasteiger partial charge in [0.2, 0.25) is 0 Å². The van der Waals surface area contributed by atoms with E-state index in [1.165, 1.54) is 145 Å². The lowest BCUT2D eigenvalue weighted by molar-refractivity contribution is -0.144. The molecule has 0 spiro atoms. The predicted octanol–water partition coefficient (Wildman–Crippen LogP) is 17.4. The van der Waals surface area contributed by atoms with Crippen LogP contribution in [0.3, 0.4) is 0 Å². The molecule has 0 bridgehead atoms. The zero-order chi connectivity index (χ0) is 83.4. The van der Waals surface area contributed by atoms with E-state index in [1.54, 1.807) is 0 Å². The average Bonchev–Trinajstić information content (AvgIpc) is 1.52. The van der Waals surface area contributed by atoms with Crippen molar-refractivity contribution >= 4 is 84.4 Å². The minimum atomic E-state index is -0.169. The molecule has 15 atom stereocenters. The second kappa shape index (κ2) is 37.7. The highest BCUT2D eigenvalue weighted by atomic mass is 16.5. The summed E-state index contributed by atoms with van der Waals surface area (Å²) < 4.78 is 26.7. The molecule has 20 nitrogen and oxygen atoms in total. The number of nitrogens with one attached hydrogen (secondary N) is 5. The van der Waals surface area contributed by atoms with Gasteiger partial charge in [0.1, 0.15) is 0 Å². The van der Waals surface area contributed by atoms with Gasteiger partial charge in [-0.2, -0.15) is 0 Å². The van der Waals surface area contributed by atoms with Crippen LogP contribution >= 0.6 is 0 Å². The lowest BCUT2D eigenvalue weighted by Crippen LogP contribution is -2.51. The highest BCUT2D eigenvalue weighted by Crippen LogP contribution is 2.51. The predicted molar refractivity (Wildman–Crippen MR) is 476 cm³/mol. The molecule has 20 heteroatoms. The average molecular weight is 1630 g/mol. The Bertz CT molecular complexity index is 4500. The molecule has 5 aliphatic carbocycles. The molecule has 10 aromatic rings. The molecule has 20 rings (SSSR count). The van der Waals surface area contributed by atoms with E-state index in [4.69, 9.17) is 23.7 Å². The summed E-state index contributed by atoms with van der Waals surface area (Å²) in [4.78, 5) is 86.5. The van der Waals surface area contributed by atoms with Crippen LogP contribution in [0.1, 0.15) is 219 Å². The number of piperidine rings is 5. The quantitative estimate of drug-likeness (QED) is 0.0353. The first-order valence-corrected chi connectivity index (χ1v) is 45.7. The van der Waals surface area contributed by atoms with E-state index in [-0.39, 0.29) is 29.8 Å². The van der Waals surface area contributed by atoms with Gasteiger partial charge >= 0.3 is 29.8 Å². The minimum Gasteiger partial charge on any atom is -0.466 e. The van der Waals surface area contributed by atoms with Gasteiger partial charge in [-0.05, 0) is 215 Å². The number of rotatable bonds is 20. The van der Waals surface area contributed by atoms with Crippen molar-refractivity contribution in [1.82, 2.24) is 49.4 Å². The zero-order valence-electron chi connectivity index (χ0n) is 72.7. The summed E-state index contributed by atoms with van der Waals surface area (Å²) in [6.07, 6.45) is 28.0. The molecule has 5 saturated heterocycles. The molecule has 5 aromatic carbocycles. The number of aromatic nitrogens is 5. The van der Waals surface area contributed by atoms with Crippen LogP contribution in [0.25, 0.3) is 54.5 Å². The Morgan fingerprint density at radius 2 is 0.458 bits per heavy atom. The third-order valence-electron chi connectivity index (χ3n) is 28.5. The lowest BCUT2D eigenvalue weighted by atomic mass is 9.72. The van der Waals surface area contributed by atoms with Crippen LogP contribution < -0.4 is 0 Å². The minimum absolute atomic E-state index is 0.169. The van der Waals surface area contributed by atoms with Gasteiger partial charge in [-0.3, -0.25) is 48.5 Å². The normalized spacial score (nSPS) is 26.3. The van der Waals surface area contributed by atoms with Crippen LogP contribution in [-0.4, -0.2) is 208 Å². The molecule has 5 N–H and O–H groups in total. The molecule has 5 fully saturated rings. The Morgan fingerprint density at radius 1 is 0.283 bits per heavy atom. The maximum Gasteiger partial charge on any atom is 0.302 e. The highest BCUT2D eigenvalue weighted by Gasteiger charge is 2.47. The van der Waals surface area contributed by atoms with Crippen molar-refractivity contribution in [3.05, 3.63) is 178 Å². The summed E-state index contributed by atoms with van der Waals surface area (Å²) >= 11 is 0. The first kappa shape index (κ1) is 84.6. The Hall–Kier alpha value is -9.05. The fourth-order valence-corrected chi connectivity index (χ4v) is 24.0. The number of H-pyrrole nitrogens is 5. The van der Waals surface area contributed by atoms with Crippen molar-refractivity contribution in [3.8, 4) is 0 Å². The molecule has 640 valence electrons. The van der Waals surface area contributed by atoms with Gasteiger partial charge in [0.25, 0.3) is 0 Å². The third-order valence-corrected chi connectivity index (χ3v) is 28.5. The number of hydrogen-bond donors (Lipinski definition) is 5. The molecule has 5 aliphatic heterocycles. The Kier molecular flexibility index (Phi) is 26.6. The zero-order valence-corrected chi connectivity index (χ0v) is 72.7. The van der Waals surface area contributed by atoms with Crippen LogP contribution in [0.5, 0.6) is 0 Å². The van der Waals surface area contributed by atoms with Crippen LogP contribution in [-0.2, 0) is 79.8 Å². The van der Waals surface area contributed by atoms with E-state index in [0.29, 0.717) is 122 Å². The van der Waals surface area contributed by atoms with Crippen molar-refractivity contribution in [3.63, 3.8) is 0 Å². The second-order valence-corrected chi connectivity index (χ2v) is 36.8. The Morgan fingerprint density at radius 3 is 0.617 bits per heavy atom. The largest absolute Gasteiger partial charge is 0.466 e. The molecule has 120 heavy (non-hydrogen) atoms. The number of ether oxygens (including phenoxy) is 5. The number of hydrogen-bond acceptors (Lipinski definition) is 15. The van der Waals surface area contributed by atoms with E-state index in [9.17, 15) is 24.0 Å². The van der Waals surface area contributed by atoms with Gasteiger partial charge in [-0.15, -0.1) is 0 Å². The smallest absolute Gasteiger partial charge is 0.302 e. The molecule has 0 amide bonds. The van der Waals surface area contributed by atoms with Crippen molar-refractivity contribution in [2.75, 3.05) is 98.5 Å². The summed E-state index contributed by atoms with van der Waals surface area (Å²) in [6, 6.07) is 36.1. The third kappa shape index (κ3) is 18.0. The summed E-state index contributed by atoms with van der Waals surface area (Å²) in [5.74, 6) is 4.00. The van der Waals surface area contributed by atoms with Gasteiger partial charge in [0, 0.05) is 242 Å². The van der Waals surface area contributed by atoms with Crippen LogP contribution in [0.4, 0.5) is 0 Å². The van der Waals surface area contributed by atoms with Crippen molar-refractivity contribution in [2.24, 2.45) is 29.6 Å². The van der Waals surface area contributed by atoms with E-state index in [0.717, 1.165) is 162 Å². The number of likely N-dealkylation sites (tertiary alicyclic amines) is 5. The summed E-state index contributed by atoms with van der Waals surface area (Å²) in [5.41, 5.74) is 21.0. The molecule has 0 saturated carbocycles. The van der Waals surface area contributed by atoms with Crippen molar-refractivity contribution in [2.45, 2.75) is 225 Å². The van der Waals surface area contributed by atoms with Crippen molar-refractivity contribution < 1.29 is 47.7 Å². The van der Waals surface area contributed by atoms with E-state index >= 15 is 0 Å². The van der Waals surface area contributed by atoms with Gasteiger partial charge < -0.3 is 48.6 Å². The fourth-order valence-electron chi connectivity index (χ4n) is 24.0. The first-order chi connectivity index (χ1) is 58.3. The summed E-state index contributed by atoms with van der Waals surface area (Å²) in [5, 5.41) is 7.17. The monoisotopic (exact) mass is 1630 g/mol. The summed E-state index contributed by atoms with van der Waals surface area (Å²) in [6.45, 7) is 32.3. The number of fused-ring (bicyclic) bond motifs is 10. The topological polar surface area (TPSA) is 227 Å². The molecule has 5 aromatic heterocycles. The second-order valence-electron chi connectivity index (χ2n) is 36.8. The summed E-state index contributed by atoms with van der Waals surface area (Å²) in [7, 11) is 0. The molecule has 10 aliphatic rings. The van der Waals surface area contributed by atoms with Gasteiger partial charge in [-0.25, -0.2) is 0 Å². The lowest BCUT2D eigenvalue weighted by Gasteiger charge is -2.47. The van der Waals surface area contributed by atoms with Gasteiger partial charge in [0.15, 0.2) is 0 Å². The molecule has 0 unspecified atom stereocenters. The number of aromatic amines is 5. The number of benzene rings is 5. The van der Waals surface area contributed by atoms with E-state index < -0.39 is 0 Å². The number of carbonyl (C=O) groups excluding carboxylic acids is 5. The van der Waals surface area contributed by atoms with Crippen LogP contribution in [0.15, 0.2) is 122 Å². The van der Waals surface area contributed by atoms with Crippen LogP contribution in [0, 0.1) is 29.6 Å². The Labute approximate surface area is 708 Å². The molecular formula is C100H130N10O10. The van der Waals surface area contributed by atoms with E-state index in [2.05, 4.69) is 206 Å². The Balaban J connectivity index is 0.000000112. The highest BCUT2D eigenvalue weighted by molar-refractivity contribution is 5.92. The molecular weight excluding hydrogens is 1500 g/mol. The maximum absolute atomic E-state index is 11.2. The standard InChI is InChI=1S/5C20H26N2O2/c5*1-3-7-22-11-14(12-24-13(2)23)8-17-16-5-4-6-18-20(16)15(10-21-18)9-19(17)22/h5*4-6,10,14,17,19,21H,3,7-9,11-12H2,1-2H3/t5*14-,17-,19-/m11111/s1. The van der Waals surface area contributed by atoms with Gasteiger partial charge in [0.05, 0.1) is 33.0 Å². The first-order valence-electron chi connectivity index (χ1n) is 45.7. The number of carbonyl (C=O) groups is 5. The number of nitrogens with zero attached hydrogens (tertiary/aromatic N) is 5. The SMILES string of the molecule is CCCN1C[C@H](COC(C)=O)C[C@@H]2c3cccc4[nH]cc(c34)C[C@H]21.CCCN1C[C@H](COC(C)=O)C[C@@H]2c3cccc4[nH]cc(c34)C[C@H]21.CCCN1C[C@H](COC(C)=O)C[C@@H]2c3cccc4[nH]cc(c34)C[C@H]21.CCCN1C[C@H](COC(C)=O)C[C@@H]2c3cccc4[nH]cc(c34)C[C@H]21.CCCN1C[C@H](COC(C)=O)C[C@@H]2c3cccc4[nH]cc(c34)C[C@H]21.